The van der Waals surface area contributed by atoms with Gasteiger partial charge in [-0.25, -0.2) is 0 Å². The zero-order chi connectivity index (χ0) is 16.8. The number of hydrogen-bond donors (Lipinski definition) is 2. The summed E-state index contributed by atoms with van der Waals surface area (Å²) in [5, 5.41) is 3.34. The zero-order valence-corrected chi connectivity index (χ0v) is 13.6. The van der Waals surface area contributed by atoms with Crippen LogP contribution >= 0.6 is 0 Å². The van der Waals surface area contributed by atoms with Crippen molar-refractivity contribution >= 4 is 11.6 Å². The zero-order valence-electron chi connectivity index (χ0n) is 13.6. The number of nitrogens with zero attached hydrogens (tertiary/aromatic N) is 2. The summed E-state index contributed by atoms with van der Waals surface area (Å²) in [4.78, 5) is 17.6. The number of aromatic nitrogens is 1. The highest BCUT2D eigenvalue weighted by molar-refractivity contribution is 5.91. The summed E-state index contributed by atoms with van der Waals surface area (Å²) in [5.74, 6) is -0.522. The van der Waals surface area contributed by atoms with E-state index in [0.717, 1.165) is 38.5 Å². The van der Waals surface area contributed by atoms with Crippen LogP contribution in [0.25, 0.3) is 0 Å². The van der Waals surface area contributed by atoms with Crippen molar-refractivity contribution in [2.75, 3.05) is 31.6 Å². The predicted octanol–water partition coefficient (Wildman–Crippen LogP) is 1.62. The van der Waals surface area contributed by atoms with Gasteiger partial charge in [0.1, 0.15) is 5.69 Å². The van der Waals surface area contributed by atoms with Gasteiger partial charge in [-0.05, 0) is 23.3 Å². The molecule has 0 atom stereocenters. The van der Waals surface area contributed by atoms with Crippen LogP contribution in [-0.4, -0.2) is 42.1 Å². The average molecular weight is 326 g/mol. The Balaban J connectivity index is 1.66. The first-order valence-electron chi connectivity index (χ1n) is 8.09. The fourth-order valence-electron chi connectivity index (χ4n) is 2.76. The van der Waals surface area contributed by atoms with Gasteiger partial charge in [-0.1, -0.05) is 24.3 Å². The molecule has 0 saturated carbocycles. The third kappa shape index (κ3) is 4.31. The molecule has 6 nitrogen and oxygen atoms in total. The van der Waals surface area contributed by atoms with Crippen LogP contribution < -0.4 is 11.1 Å². The molecule has 1 aliphatic rings. The summed E-state index contributed by atoms with van der Waals surface area (Å²) in [5.41, 5.74) is 8.91. The lowest BCUT2D eigenvalue weighted by molar-refractivity contribution is 0.0341. The lowest BCUT2D eigenvalue weighted by Crippen LogP contribution is -2.35. The smallest absolute Gasteiger partial charge is 0.267 e. The Morgan fingerprint density at radius 3 is 2.71 bits per heavy atom. The molecule has 0 aliphatic carbocycles. The number of primary amides is 1. The van der Waals surface area contributed by atoms with Gasteiger partial charge in [0.25, 0.3) is 5.91 Å². The highest BCUT2D eigenvalue weighted by atomic mass is 16.5. The monoisotopic (exact) mass is 326 g/mol. The van der Waals surface area contributed by atoms with Crippen LogP contribution in [0.5, 0.6) is 0 Å². The van der Waals surface area contributed by atoms with E-state index in [1.54, 1.807) is 12.3 Å². The number of anilines is 1. The van der Waals surface area contributed by atoms with Gasteiger partial charge in [-0.2, -0.15) is 0 Å². The van der Waals surface area contributed by atoms with E-state index in [1.807, 2.05) is 12.1 Å². The van der Waals surface area contributed by atoms with Crippen LogP contribution in [-0.2, 0) is 17.8 Å². The predicted molar refractivity (Wildman–Crippen MR) is 92.6 cm³/mol. The molecule has 1 aromatic heterocycles. The van der Waals surface area contributed by atoms with E-state index < -0.39 is 5.91 Å². The van der Waals surface area contributed by atoms with Gasteiger partial charge >= 0.3 is 0 Å². The number of carbonyl (C=O) groups excluding carboxylic acids is 1. The number of pyridine rings is 1. The summed E-state index contributed by atoms with van der Waals surface area (Å²) in [6.07, 6.45) is 1.59. The number of amides is 1. The quantitative estimate of drug-likeness (QED) is 0.843. The van der Waals surface area contributed by atoms with E-state index in [9.17, 15) is 4.79 Å². The number of hydrogen-bond acceptors (Lipinski definition) is 5. The molecule has 1 aliphatic heterocycles. The molecule has 2 heterocycles. The first kappa shape index (κ1) is 16.4. The largest absolute Gasteiger partial charge is 0.381 e. The van der Waals surface area contributed by atoms with E-state index in [2.05, 4.69) is 33.4 Å². The van der Waals surface area contributed by atoms with Crippen LogP contribution in [0.15, 0.2) is 42.6 Å². The Labute approximate surface area is 141 Å². The summed E-state index contributed by atoms with van der Waals surface area (Å²) in [6, 6.07) is 11.9. The van der Waals surface area contributed by atoms with Gasteiger partial charge in [0.05, 0.1) is 13.2 Å². The fourth-order valence-corrected chi connectivity index (χ4v) is 2.76. The van der Waals surface area contributed by atoms with Crippen LogP contribution in [0.3, 0.4) is 0 Å². The van der Waals surface area contributed by atoms with Crippen molar-refractivity contribution in [1.82, 2.24) is 9.88 Å². The number of nitrogens with one attached hydrogen (secondary N) is 1. The van der Waals surface area contributed by atoms with Crippen LogP contribution in [0.2, 0.25) is 0 Å². The lowest BCUT2D eigenvalue weighted by Gasteiger charge is -2.27. The molecule has 1 saturated heterocycles. The maximum absolute atomic E-state index is 11.2. The van der Waals surface area contributed by atoms with Gasteiger partial charge in [0.2, 0.25) is 0 Å². The standard InChI is InChI=1S/C18H22N4O2/c19-18(23)17-11-16(5-6-20-17)21-12-14-3-1-2-4-15(14)13-22-7-9-24-10-8-22/h1-6,11H,7-10,12-13H2,(H2,19,23)(H,20,21). The Bertz CT molecular complexity index is 699. The molecular weight excluding hydrogens is 304 g/mol. The summed E-state index contributed by atoms with van der Waals surface area (Å²) < 4.78 is 5.41. The highest BCUT2D eigenvalue weighted by Gasteiger charge is 2.12. The summed E-state index contributed by atoms with van der Waals surface area (Å²) in [6.45, 7) is 5.13. The van der Waals surface area contributed by atoms with Crippen molar-refractivity contribution in [3.8, 4) is 0 Å². The second-order valence-corrected chi connectivity index (χ2v) is 5.80. The molecule has 24 heavy (non-hydrogen) atoms. The minimum Gasteiger partial charge on any atom is -0.381 e. The summed E-state index contributed by atoms with van der Waals surface area (Å²) in [7, 11) is 0. The van der Waals surface area contributed by atoms with Crippen molar-refractivity contribution in [1.29, 1.82) is 0 Å². The molecule has 1 amide bonds. The second-order valence-electron chi connectivity index (χ2n) is 5.80. The molecule has 3 N–H and O–H groups in total. The number of morpholine rings is 1. The average Bonchev–Trinajstić information content (AvgIpc) is 2.62. The molecular formula is C18H22N4O2. The molecule has 0 spiro atoms. The Morgan fingerprint density at radius 1 is 1.21 bits per heavy atom. The number of benzene rings is 1. The minimum absolute atomic E-state index is 0.265. The molecule has 6 heteroatoms. The molecule has 126 valence electrons. The molecule has 3 rings (SSSR count). The second kappa shape index (κ2) is 7.90. The minimum atomic E-state index is -0.522. The van der Waals surface area contributed by atoms with Crippen molar-refractivity contribution in [2.45, 2.75) is 13.1 Å². The van der Waals surface area contributed by atoms with Crippen molar-refractivity contribution < 1.29 is 9.53 Å². The Morgan fingerprint density at radius 2 is 1.96 bits per heavy atom. The van der Waals surface area contributed by atoms with E-state index in [1.165, 1.54) is 11.1 Å². The van der Waals surface area contributed by atoms with Crippen molar-refractivity contribution in [2.24, 2.45) is 5.73 Å². The maximum atomic E-state index is 11.2. The number of rotatable bonds is 6. The highest BCUT2D eigenvalue weighted by Crippen LogP contribution is 2.16. The van der Waals surface area contributed by atoms with Crippen LogP contribution in [0, 0.1) is 0 Å². The third-order valence-corrected chi connectivity index (χ3v) is 4.11. The summed E-state index contributed by atoms with van der Waals surface area (Å²) >= 11 is 0. The molecule has 0 unspecified atom stereocenters. The third-order valence-electron chi connectivity index (χ3n) is 4.11. The lowest BCUT2D eigenvalue weighted by atomic mass is 10.1. The van der Waals surface area contributed by atoms with Gasteiger partial charge < -0.3 is 15.8 Å². The van der Waals surface area contributed by atoms with Gasteiger partial charge in [-0.15, -0.1) is 0 Å². The molecule has 1 fully saturated rings. The van der Waals surface area contributed by atoms with Crippen LogP contribution in [0.1, 0.15) is 21.6 Å². The number of carbonyl (C=O) groups is 1. The Kier molecular flexibility index (Phi) is 5.40. The van der Waals surface area contributed by atoms with E-state index >= 15 is 0 Å². The van der Waals surface area contributed by atoms with Crippen molar-refractivity contribution in [3.05, 3.63) is 59.4 Å². The Hall–Kier alpha value is -2.44. The van der Waals surface area contributed by atoms with E-state index in [4.69, 9.17) is 10.5 Å². The maximum Gasteiger partial charge on any atom is 0.267 e. The molecule has 1 aromatic carbocycles. The molecule has 0 bridgehead atoms. The van der Waals surface area contributed by atoms with E-state index in [0.29, 0.717) is 6.54 Å². The molecule has 2 aromatic rings. The normalized spacial score (nSPS) is 15.2. The van der Waals surface area contributed by atoms with Gasteiger partial charge in [0.15, 0.2) is 0 Å². The van der Waals surface area contributed by atoms with Crippen molar-refractivity contribution in [3.63, 3.8) is 0 Å². The first-order chi connectivity index (χ1) is 11.7. The number of ether oxygens (including phenoxy) is 1. The first-order valence-corrected chi connectivity index (χ1v) is 8.09. The number of nitrogens with two attached hydrogens (primary N) is 1. The molecule has 0 radical (unpaired) electrons. The topological polar surface area (TPSA) is 80.5 Å². The van der Waals surface area contributed by atoms with Gasteiger partial charge in [0, 0.05) is 38.1 Å². The fraction of sp³-hybridized carbons (Fsp3) is 0.333. The van der Waals surface area contributed by atoms with Crippen LogP contribution in [0.4, 0.5) is 5.69 Å². The van der Waals surface area contributed by atoms with Gasteiger partial charge in [-0.3, -0.25) is 14.7 Å². The SMILES string of the molecule is NC(=O)c1cc(NCc2ccccc2CN2CCOCC2)ccn1. The van der Waals surface area contributed by atoms with E-state index in [-0.39, 0.29) is 5.69 Å².